The van der Waals surface area contributed by atoms with Gasteiger partial charge in [-0.3, -0.25) is 9.69 Å². The lowest BCUT2D eigenvalue weighted by Crippen LogP contribution is -2.46. The lowest BCUT2D eigenvalue weighted by Gasteiger charge is -2.27. The maximum absolute atomic E-state index is 13.8. The molecular formula is C16H21ClFN3O. The van der Waals surface area contributed by atoms with Crippen LogP contribution in [0.4, 0.5) is 4.39 Å². The fraction of sp³-hybridized carbons (Fsp3) is 0.562. The third-order valence-electron chi connectivity index (χ3n) is 4.43. The third kappa shape index (κ3) is 3.59. The molecule has 6 heteroatoms. The van der Waals surface area contributed by atoms with Gasteiger partial charge in [-0.1, -0.05) is 17.7 Å². The van der Waals surface area contributed by atoms with Gasteiger partial charge < -0.3 is 10.6 Å². The van der Waals surface area contributed by atoms with Crippen molar-refractivity contribution in [2.75, 3.05) is 39.3 Å². The Morgan fingerprint density at radius 2 is 2.18 bits per heavy atom. The minimum atomic E-state index is -0.311. The van der Waals surface area contributed by atoms with Crippen LogP contribution in [0.3, 0.4) is 0 Å². The topological polar surface area (TPSA) is 44.4 Å². The van der Waals surface area contributed by atoms with Crippen LogP contribution in [0.2, 0.25) is 5.02 Å². The summed E-state index contributed by atoms with van der Waals surface area (Å²) in [5.74, 6) is -0.515. The van der Waals surface area contributed by atoms with Crippen molar-refractivity contribution in [2.45, 2.75) is 12.3 Å². The summed E-state index contributed by atoms with van der Waals surface area (Å²) in [6, 6.07) is 4.67. The third-order valence-corrected chi connectivity index (χ3v) is 4.76. The van der Waals surface area contributed by atoms with Gasteiger partial charge in [0.05, 0.1) is 0 Å². The molecule has 0 spiro atoms. The summed E-state index contributed by atoms with van der Waals surface area (Å²) in [5, 5.41) is 6.68. The van der Waals surface area contributed by atoms with Gasteiger partial charge in [-0.15, -0.1) is 0 Å². The number of carbonyl (C=O) groups is 1. The van der Waals surface area contributed by atoms with Gasteiger partial charge >= 0.3 is 0 Å². The molecule has 2 N–H and O–H groups in total. The number of halogens is 2. The Balaban J connectivity index is 1.46. The SMILES string of the molecule is O=C(NCCN1CCNCC1)C1CC1c1c(F)cccc1Cl. The van der Waals surface area contributed by atoms with E-state index in [1.807, 2.05) is 0 Å². The number of amides is 1. The molecule has 2 unspecified atom stereocenters. The van der Waals surface area contributed by atoms with Gasteiger partial charge in [0.2, 0.25) is 5.91 Å². The summed E-state index contributed by atoms with van der Waals surface area (Å²) >= 11 is 6.06. The highest BCUT2D eigenvalue weighted by molar-refractivity contribution is 6.31. The highest BCUT2D eigenvalue weighted by Crippen LogP contribution is 2.50. The lowest BCUT2D eigenvalue weighted by molar-refractivity contribution is -0.122. The zero-order valence-electron chi connectivity index (χ0n) is 12.4. The maximum atomic E-state index is 13.8. The predicted molar refractivity (Wildman–Crippen MR) is 84.6 cm³/mol. The number of benzene rings is 1. The van der Waals surface area contributed by atoms with Gasteiger partial charge in [0.25, 0.3) is 0 Å². The van der Waals surface area contributed by atoms with E-state index >= 15 is 0 Å². The number of rotatable bonds is 5. The molecule has 0 bridgehead atoms. The molecule has 1 saturated heterocycles. The number of carbonyl (C=O) groups excluding carboxylic acids is 1. The molecule has 2 atom stereocenters. The number of nitrogens with zero attached hydrogens (tertiary/aromatic N) is 1. The Kier molecular flexibility index (Phi) is 4.96. The minimum Gasteiger partial charge on any atom is -0.355 e. The van der Waals surface area contributed by atoms with E-state index in [1.165, 1.54) is 6.07 Å². The van der Waals surface area contributed by atoms with Crippen molar-refractivity contribution >= 4 is 17.5 Å². The summed E-state index contributed by atoms with van der Waals surface area (Å²) in [4.78, 5) is 14.5. The average Bonchev–Trinajstić information content (AvgIpc) is 3.28. The highest BCUT2D eigenvalue weighted by Gasteiger charge is 2.46. The van der Waals surface area contributed by atoms with Crippen LogP contribution in [0.5, 0.6) is 0 Å². The monoisotopic (exact) mass is 325 g/mol. The normalized spacial score (nSPS) is 25.0. The van der Waals surface area contributed by atoms with Crippen LogP contribution in [-0.2, 0) is 4.79 Å². The Morgan fingerprint density at radius 1 is 1.41 bits per heavy atom. The number of hydrogen-bond donors (Lipinski definition) is 2. The molecule has 1 amide bonds. The van der Waals surface area contributed by atoms with Gasteiger partial charge in [-0.25, -0.2) is 4.39 Å². The Labute approximate surface area is 135 Å². The molecule has 1 aromatic rings. The van der Waals surface area contributed by atoms with Crippen molar-refractivity contribution in [3.05, 3.63) is 34.6 Å². The summed E-state index contributed by atoms with van der Waals surface area (Å²) in [7, 11) is 0. The van der Waals surface area contributed by atoms with Crippen molar-refractivity contribution in [1.82, 2.24) is 15.5 Å². The molecule has 0 radical (unpaired) electrons. The number of piperazine rings is 1. The van der Waals surface area contributed by atoms with Crippen LogP contribution in [0.25, 0.3) is 0 Å². The van der Waals surface area contributed by atoms with E-state index in [9.17, 15) is 9.18 Å². The molecule has 1 aliphatic heterocycles. The molecule has 2 fully saturated rings. The highest BCUT2D eigenvalue weighted by atomic mass is 35.5. The molecule has 1 saturated carbocycles. The van der Waals surface area contributed by atoms with Crippen molar-refractivity contribution in [3.8, 4) is 0 Å². The molecule has 120 valence electrons. The quantitative estimate of drug-likeness (QED) is 0.864. The Morgan fingerprint density at radius 3 is 2.91 bits per heavy atom. The van der Waals surface area contributed by atoms with E-state index in [2.05, 4.69) is 15.5 Å². The van der Waals surface area contributed by atoms with Crippen molar-refractivity contribution < 1.29 is 9.18 Å². The van der Waals surface area contributed by atoms with E-state index in [-0.39, 0.29) is 23.6 Å². The summed E-state index contributed by atoms with van der Waals surface area (Å²) in [6.45, 7) is 5.56. The second-order valence-electron chi connectivity index (χ2n) is 5.97. The van der Waals surface area contributed by atoms with Gasteiger partial charge in [0.15, 0.2) is 0 Å². The summed E-state index contributed by atoms with van der Waals surface area (Å²) in [6.07, 6.45) is 0.681. The van der Waals surface area contributed by atoms with E-state index in [0.29, 0.717) is 23.6 Å². The standard InChI is InChI=1S/C16H21ClFN3O/c17-13-2-1-3-14(18)15(13)11-10-12(11)16(22)20-6-9-21-7-4-19-5-8-21/h1-3,11-12,19H,4-10H2,(H,20,22). The fourth-order valence-electron chi connectivity index (χ4n) is 3.07. The van der Waals surface area contributed by atoms with E-state index in [0.717, 1.165) is 32.7 Å². The molecule has 3 rings (SSSR count). The van der Waals surface area contributed by atoms with Crippen LogP contribution in [0.15, 0.2) is 18.2 Å². The zero-order chi connectivity index (χ0) is 15.5. The average molecular weight is 326 g/mol. The molecule has 22 heavy (non-hydrogen) atoms. The molecule has 1 aromatic carbocycles. The first-order chi connectivity index (χ1) is 10.7. The molecule has 2 aliphatic rings. The second kappa shape index (κ2) is 6.94. The first kappa shape index (κ1) is 15.7. The van der Waals surface area contributed by atoms with Crippen LogP contribution >= 0.6 is 11.6 Å². The van der Waals surface area contributed by atoms with Gasteiger partial charge in [0, 0.05) is 61.7 Å². The molecule has 1 aliphatic carbocycles. The summed E-state index contributed by atoms with van der Waals surface area (Å²) in [5.41, 5.74) is 0.492. The van der Waals surface area contributed by atoms with Crippen LogP contribution in [-0.4, -0.2) is 50.1 Å². The van der Waals surface area contributed by atoms with Crippen molar-refractivity contribution in [1.29, 1.82) is 0 Å². The number of hydrogen-bond acceptors (Lipinski definition) is 3. The largest absolute Gasteiger partial charge is 0.355 e. The Hall–Kier alpha value is -1.17. The van der Waals surface area contributed by atoms with Gasteiger partial charge in [0.1, 0.15) is 5.82 Å². The van der Waals surface area contributed by atoms with Crippen LogP contribution < -0.4 is 10.6 Å². The lowest BCUT2D eigenvalue weighted by atomic mass is 10.1. The van der Waals surface area contributed by atoms with Gasteiger partial charge in [-0.2, -0.15) is 0 Å². The molecule has 0 aromatic heterocycles. The Bertz CT molecular complexity index is 528. The first-order valence-electron chi connectivity index (χ1n) is 7.81. The summed E-state index contributed by atoms with van der Waals surface area (Å²) < 4.78 is 13.8. The maximum Gasteiger partial charge on any atom is 0.223 e. The van der Waals surface area contributed by atoms with Crippen LogP contribution in [0, 0.1) is 11.7 Å². The smallest absolute Gasteiger partial charge is 0.223 e. The van der Waals surface area contributed by atoms with Crippen molar-refractivity contribution in [2.24, 2.45) is 5.92 Å². The zero-order valence-corrected chi connectivity index (χ0v) is 13.2. The van der Waals surface area contributed by atoms with Crippen molar-refractivity contribution in [3.63, 3.8) is 0 Å². The minimum absolute atomic E-state index is 0.0134. The van der Waals surface area contributed by atoms with E-state index in [4.69, 9.17) is 11.6 Å². The van der Waals surface area contributed by atoms with E-state index in [1.54, 1.807) is 12.1 Å². The fourth-order valence-corrected chi connectivity index (χ4v) is 3.37. The molecular weight excluding hydrogens is 305 g/mol. The second-order valence-corrected chi connectivity index (χ2v) is 6.37. The van der Waals surface area contributed by atoms with Crippen LogP contribution in [0.1, 0.15) is 17.9 Å². The molecule has 4 nitrogen and oxygen atoms in total. The molecule has 1 heterocycles. The van der Waals surface area contributed by atoms with E-state index < -0.39 is 0 Å². The predicted octanol–water partition coefficient (Wildman–Crippen LogP) is 1.60. The number of nitrogens with one attached hydrogen (secondary N) is 2. The first-order valence-corrected chi connectivity index (χ1v) is 8.19. The van der Waals surface area contributed by atoms with Gasteiger partial charge in [-0.05, 0) is 18.6 Å².